The molecular weight excluding hydrogens is 676 g/mol. The monoisotopic (exact) mass is 712 g/mol. The molecule has 5 atom stereocenters. The number of aromatic amines is 1. The van der Waals surface area contributed by atoms with E-state index in [0.717, 1.165) is 38.9 Å². The van der Waals surface area contributed by atoms with Gasteiger partial charge in [0, 0.05) is 45.9 Å². The lowest BCUT2D eigenvalue weighted by atomic mass is 9.72. The number of fused-ring (bicyclic) bond motifs is 7. The van der Waals surface area contributed by atoms with E-state index in [-0.39, 0.29) is 35.8 Å². The summed E-state index contributed by atoms with van der Waals surface area (Å²) in [6.45, 7) is 7.38. The van der Waals surface area contributed by atoms with Gasteiger partial charge in [-0.05, 0) is 41.2 Å². The Balaban J connectivity index is 1.28. The van der Waals surface area contributed by atoms with Crippen LogP contribution in [0.2, 0.25) is 0 Å². The van der Waals surface area contributed by atoms with E-state index in [4.69, 9.17) is 23.5 Å². The van der Waals surface area contributed by atoms with E-state index in [1.54, 1.807) is 32.3 Å². The number of aliphatic hydroxyl groups is 1. The number of anilines is 1. The van der Waals surface area contributed by atoms with Crippen LogP contribution in [0.3, 0.4) is 0 Å². The van der Waals surface area contributed by atoms with Gasteiger partial charge >= 0.3 is 0 Å². The van der Waals surface area contributed by atoms with E-state index in [2.05, 4.69) is 27.0 Å². The van der Waals surface area contributed by atoms with E-state index in [1.165, 1.54) is 0 Å². The molecule has 10 rings (SSSR count). The molecule has 7 heterocycles. The number of oxazole rings is 2. The van der Waals surface area contributed by atoms with Crippen LogP contribution in [0, 0.1) is 11.8 Å². The van der Waals surface area contributed by atoms with Crippen LogP contribution in [0.25, 0.3) is 44.9 Å². The van der Waals surface area contributed by atoms with E-state index < -0.39 is 41.6 Å². The largest absolute Gasteiger partial charge is 0.506 e. The van der Waals surface area contributed by atoms with Crippen LogP contribution in [0.4, 0.5) is 5.69 Å². The first-order chi connectivity index (χ1) is 25.5. The van der Waals surface area contributed by atoms with Crippen molar-refractivity contribution in [1.29, 1.82) is 0 Å². The van der Waals surface area contributed by atoms with Crippen molar-refractivity contribution in [2.75, 3.05) is 5.32 Å². The first-order valence-electron chi connectivity index (χ1n) is 17.8. The number of amides is 2. The van der Waals surface area contributed by atoms with Crippen LogP contribution < -0.4 is 20.7 Å². The Bertz CT molecular complexity index is 2530. The Morgan fingerprint density at radius 3 is 2.68 bits per heavy atom. The zero-order valence-corrected chi connectivity index (χ0v) is 29.3. The molecule has 2 amide bonds. The first-order valence-corrected chi connectivity index (χ1v) is 17.8. The maximum Gasteiger partial charge on any atom is 0.249 e. The van der Waals surface area contributed by atoms with Crippen LogP contribution in [-0.4, -0.2) is 55.4 Å². The number of nitrogens with one attached hydrogen (secondary N) is 4. The molecule has 6 aromatic rings. The molecule has 13 heteroatoms. The molecular formula is C40H36N6O7. The van der Waals surface area contributed by atoms with Crippen LogP contribution >= 0.6 is 0 Å². The Kier molecular flexibility index (Phi) is 6.55. The number of benzene rings is 3. The van der Waals surface area contributed by atoms with E-state index in [1.807, 2.05) is 50.2 Å². The first kappa shape index (κ1) is 31.6. The summed E-state index contributed by atoms with van der Waals surface area (Å²) >= 11 is 0. The highest BCUT2D eigenvalue weighted by atomic mass is 16.5. The fourth-order valence-electron chi connectivity index (χ4n) is 8.47. The highest BCUT2D eigenvalue weighted by Crippen LogP contribution is 2.61. The fraction of sp³-hybridized carbons (Fsp3) is 0.300. The number of carbonyl (C=O) groups excluding carboxylic acids is 2. The number of phenols is 1. The molecule has 268 valence electrons. The number of aromatic hydroxyl groups is 1. The van der Waals surface area contributed by atoms with Gasteiger partial charge in [0.25, 0.3) is 0 Å². The van der Waals surface area contributed by atoms with Crippen LogP contribution in [0.15, 0.2) is 69.8 Å². The molecule has 13 nitrogen and oxygen atoms in total. The number of para-hydroxylation sites is 1. The summed E-state index contributed by atoms with van der Waals surface area (Å²) in [5.74, 6) is 0.449. The van der Waals surface area contributed by atoms with Crippen molar-refractivity contribution < 1.29 is 33.4 Å². The zero-order chi connectivity index (χ0) is 36.5. The second kappa shape index (κ2) is 11.0. The van der Waals surface area contributed by atoms with Gasteiger partial charge in [-0.25, -0.2) is 9.97 Å². The zero-order valence-electron chi connectivity index (χ0n) is 29.3. The molecule has 1 spiro atoms. The average molecular weight is 713 g/mol. The third kappa shape index (κ3) is 4.28. The minimum absolute atomic E-state index is 0.101. The van der Waals surface area contributed by atoms with Crippen molar-refractivity contribution in [3.05, 3.63) is 89.3 Å². The van der Waals surface area contributed by atoms with Crippen molar-refractivity contribution in [3.63, 3.8) is 0 Å². The predicted molar refractivity (Wildman–Crippen MR) is 193 cm³/mol. The van der Waals surface area contributed by atoms with Gasteiger partial charge in [0.2, 0.25) is 23.6 Å². The highest BCUT2D eigenvalue weighted by Gasteiger charge is 2.61. The lowest BCUT2D eigenvalue weighted by molar-refractivity contribution is -0.135. The molecule has 0 radical (unpaired) electrons. The maximum atomic E-state index is 14.1. The van der Waals surface area contributed by atoms with E-state index in [0.29, 0.717) is 34.0 Å². The van der Waals surface area contributed by atoms with Crippen molar-refractivity contribution in [3.8, 4) is 45.5 Å². The summed E-state index contributed by atoms with van der Waals surface area (Å²) in [6, 6.07) is 13.7. The van der Waals surface area contributed by atoms with Gasteiger partial charge < -0.3 is 44.7 Å². The molecule has 4 aliphatic heterocycles. The molecule has 3 aromatic carbocycles. The summed E-state index contributed by atoms with van der Waals surface area (Å²) in [5.41, 5.74) is 5.49. The quantitative estimate of drug-likeness (QED) is 0.136. The summed E-state index contributed by atoms with van der Waals surface area (Å²) in [5, 5.41) is 31.9. The molecule has 3 aromatic heterocycles. The number of carbonyl (C=O) groups is 2. The number of hydrogen-bond acceptors (Lipinski definition) is 10. The number of ether oxygens (including phenoxy) is 1. The predicted octanol–water partition coefficient (Wildman–Crippen LogP) is 5.51. The van der Waals surface area contributed by atoms with Crippen molar-refractivity contribution in [2.24, 2.45) is 11.8 Å². The average Bonchev–Trinajstić information content (AvgIpc) is 3.96. The molecule has 0 saturated heterocycles. The SMILES string of the molecule is CC(C)[C@H](O)C(=O)N[C@H]1Cc2ccc3c(c2)C24c5cccc(c5NC2O3)-c2ccc(O)c3[nH]cc(c23)-c2cnc(o2)-c2nc(oc24)[C@H](C(C)C)NC1=O. The van der Waals surface area contributed by atoms with Gasteiger partial charge in [-0.3, -0.25) is 9.59 Å². The van der Waals surface area contributed by atoms with Crippen molar-refractivity contribution in [2.45, 2.75) is 63.9 Å². The van der Waals surface area contributed by atoms with Crippen LogP contribution in [0.1, 0.15) is 62.1 Å². The molecule has 0 saturated carbocycles. The fourth-order valence-corrected chi connectivity index (χ4v) is 8.47. The van der Waals surface area contributed by atoms with Crippen LogP contribution in [0.5, 0.6) is 11.5 Å². The Labute approximate surface area is 302 Å². The number of nitrogens with zero attached hydrogens (tertiary/aromatic N) is 2. The Morgan fingerprint density at radius 2 is 1.87 bits per heavy atom. The molecule has 6 N–H and O–H groups in total. The molecule has 0 aliphatic carbocycles. The van der Waals surface area contributed by atoms with Gasteiger partial charge in [-0.2, -0.15) is 0 Å². The maximum absolute atomic E-state index is 14.1. The topological polar surface area (TPSA) is 188 Å². The van der Waals surface area contributed by atoms with Crippen molar-refractivity contribution >= 4 is 28.4 Å². The number of aliphatic hydroxyl groups excluding tert-OH is 1. The summed E-state index contributed by atoms with van der Waals surface area (Å²) in [7, 11) is 0. The number of aromatic nitrogens is 3. The van der Waals surface area contributed by atoms with Crippen molar-refractivity contribution in [1.82, 2.24) is 25.6 Å². The number of hydrogen-bond donors (Lipinski definition) is 6. The Morgan fingerprint density at radius 1 is 1.02 bits per heavy atom. The third-order valence-corrected chi connectivity index (χ3v) is 11.2. The van der Waals surface area contributed by atoms with Gasteiger partial charge in [0.05, 0.1) is 11.7 Å². The van der Waals surface area contributed by atoms with Gasteiger partial charge in [-0.1, -0.05) is 58.0 Å². The minimum atomic E-state index is -1.29. The lowest BCUT2D eigenvalue weighted by Crippen LogP contribution is -2.52. The van der Waals surface area contributed by atoms with Gasteiger partial charge in [0.1, 0.15) is 35.1 Å². The Hall–Kier alpha value is -6.08. The smallest absolute Gasteiger partial charge is 0.249 e. The number of rotatable bonds is 4. The lowest BCUT2D eigenvalue weighted by Gasteiger charge is -2.29. The number of H-pyrrole nitrogens is 1. The molecule has 0 fully saturated rings. The number of phenolic OH excluding ortho intramolecular Hbond substituents is 1. The van der Waals surface area contributed by atoms with E-state index >= 15 is 0 Å². The standard InChI is InChI=1S/C40H36N6O7/c1-16(2)29-38-45-32-34(53-38)40-22-7-5-6-20(19-9-10-25(47)31-28(19)21(14-41-31)27-15-42-37(32)51-27)30(22)46-39(40)52-26-11-8-18(12-23(26)40)13-24(35(49)44-29)43-36(50)33(48)17(3)4/h5-12,14-17,24,29,33,39,41,46-48H,13H2,1-4H3,(H,43,50)(H,44,49)/t24-,29-,33-,39?,40?/m0/s1. The minimum Gasteiger partial charge on any atom is -0.506 e. The summed E-state index contributed by atoms with van der Waals surface area (Å²) < 4.78 is 20.3. The molecule has 53 heavy (non-hydrogen) atoms. The summed E-state index contributed by atoms with van der Waals surface area (Å²) in [4.78, 5) is 40.4. The van der Waals surface area contributed by atoms with Gasteiger partial charge in [0.15, 0.2) is 23.4 Å². The third-order valence-electron chi connectivity index (χ3n) is 11.2. The normalized spacial score (nSPS) is 22.4. The second-order valence-electron chi connectivity index (χ2n) is 15.0. The van der Waals surface area contributed by atoms with Crippen LogP contribution in [-0.2, 0) is 21.4 Å². The molecule has 4 aliphatic rings. The molecule has 2 unspecified atom stereocenters. The second-order valence-corrected chi connectivity index (χ2v) is 15.0. The van der Waals surface area contributed by atoms with Gasteiger partial charge in [-0.15, -0.1) is 0 Å². The summed E-state index contributed by atoms with van der Waals surface area (Å²) in [6.07, 6.45) is 1.59. The molecule has 10 bridgehead atoms. The highest BCUT2D eigenvalue weighted by molar-refractivity contribution is 6.09. The van der Waals surface area contributed by atoms with E-state index in [9.17, 15) is 19.8 Å².